The van der Waals surface area contributed by atoms with Crippen molar-refractivity contribution in [2.45, 2.75) is 18.9 Å². The average molecular weight is 419 g/mol. The third kappa shape index (κ3) is 4.14. The van der Waals surface area contributed by atoms with E-state index < -0.39 is 23.9 Å². The standard InChI is InChI=1S/C25H22FNO4/c1-16(24(28)31-18-13-11-17(26)12-14-18)27(2)25(29)30-15-23-21-9-5-3-7-19(21)20-8-4-6-10-22(20)23/h3-14,16,23H,15H2,1-2H3/t16-/m0/s1. The molecule has 0 fully saturated rings. The molecule has 0 spiro atoms. The first kappa shape index (κ1) is 20.6. The molecule has 158 valence electrons. The van der Waals surface area contributed by atoms with Gasteiger partial charge in [0.25, 0.3) is 0 Å². The summed E-state index contributed by atoms with van der Waals surface area (Å²) in [6.07, 6.45) is -0.620. The number of ether oxygens (including phenoxy) is 2. The Bertz CT molecular complexity index is 1070. The molecule has 0 saturated carbocycles. The van der Waals surface area contributed by atoms with Gasteiger partial charge >= 0.3 is 12.1 Å². The molecule has 0 heterocycles. The van der Waals surface area contributed by atoms with E-state index in [2.05, 4.69) is 12.1 Å². The number of benzene rings is 3. The molecule has 3 aromatic rings. The number of esters is 1. The van der Waals surface area contributed by atoms with Crippen LogP contribution >= 0.6 is 0 Å². The van der Waals surface area contributed by atoms with E-state index in [0.29, 0.717) is 0 Å². The van der Waals surface area contributed by atoms with E-state index in [1.54, 1.807) is 6.92 Å². The molecule has 0 N–H and O–H groups in total. The van der Waals surface area contributed by atoms with Crippen molar-refractivity contribution in [3.8, 4) is 16.9 Å². The van der Waals surface area contributed by atoms with Crippen molar-refractivity contribution in [3.05, 3.63) is 89.7 Å². The van der Waals surface area contributed by atoms with Gasteiger partial charge in [0.2, 0.25) is 0 Å². The monoisotopic (exact) mass is 419 g/mol. The Balaban J connectivity index is 1.40. The fourth-order valence-electron chi connectivity index (χ4n) is 3.72. The van der Waals surface area contributed by atoms with Crippen LogP contribution in [0.5, 0.6) is 5.75 Å². The van der Waals surface area contributed by atoms with Gasteiger partial charge in [-0.05, 0) is 53.4 Å². The van der Waals surface area contributed by atoms with E-state index in [4.69, 9.17) is 9.47 Å². The van der Waals surface area contributed by atoms with Crippen LogP contribution in [-0.4, -0.2) is 36.7 Å². The topological polar surface area (TPSA) is 55.8 Å². The summed E-state index contributed by atoms with van der Waals surface area (Å²) in [6.45, 7) is 1.71. The second-order valence-corrected chi connectivity index (χ2v) is 7.47. The first-order valence-corrected chi connectivity index (χ1v) is 10.0. The van der Waals surface area contributed by atoms with Crippen LogP contribution in [0.2, 0.25) is 0 Å². The lowest BCUT2D eigenvalue weighted by atomic mass is 9.98. The smallest absolute Gasteiger partial charge is 0.410 e. The number of likely N-dealkylation sites (N-methyl/N-ethyl adjacent to an activating group) is 1. The summed E-state index contributed by atoms with van der Waals surface area (Å²) < 4.78 is 23.8. The number of halogens is 1. The highest BCUT2D eigenvalue weighted by Crippen LogP contribution is 2.44. The van der Waals surface area contributed by atoms with Gasteiger partial charge in [0.1, 0.15) is 24.2 Å². The highest BCUT2D eigenvalue weighted by atomic mass is 19.1. The first-order chi connectivity index (χ1) is 15.0. The molecule has 0 bridgehead atoms. The summed E-state index contributed by atoms with van der Waals surface area (Å²) in [4.78, 5) is 26.2. The Morgan fingerprint density at radius 1 is 0.935 bits per heavy atom. The maximum Gasteiger partial charge on any atom is 0.410 e. The lowest BCUT2D eigenvalue weighted by Crippen LogP contribution is -2.43. The van der Waals surface area contributed by atoms with E-state index in [0.717, 1.165) is 22.3 Å². The molecule has 6 heteroatoms. The molecule has 0 radical (unpaired) electrons. The molecule has 1 atom stereocenters. The third-order valence-corrected chi connectivity index (χ3v) is 5.58. The Kier molecular flexibility index (Phi) is 5.71. The van der Waals surface area contributed by atoms with E-state index in [-0.39, 0.29) is 18.3 Å². The summed E-state index contributed by atoms with van der Waals surface area (Å²) in [6, 6.07) is 20.4. The Labute approximate surface area is 180 Å². The molecule has 3 aromatic carbocycles. The molecule has 1 aliphatic carbocycles. The van der Waals surface area contributed by atoms with Gasteiger partial charge in [-0.1, -0.05) is 48.5 Å². The molecule has 5 nitrogen and oxygen atoms in total. The van der Waals surface area contributed by atoms with Crippen molar-refractivity contribution in [1.29, 1.82) is 0 Å². The van der Waals surface area contributed by atoms with E-state index in [1.807, 2.05) is 36.4 Å². The fraction of sp³-hybridized carbons (Fsp3) is 0.200. The number of carbonyl (C=O) groups excluding carboxylic acids is 2. The fourth-order valence-corrected chi connectivity index (χ4v) is 3.72. The zero-order valence-corrected chi connectivity index (χ0v) is 17.2. The largest absolute Gasteiger partial charge is 0.448 e. The number of nitrogens with zero attached hydrogens (tertiary/aromatic N) is 1. The lowest BCUT2D eigenvalue weighted by Gasteiger charge is -2.24. The SMILES string of the molecule is C[C@@H](C(=O)Oc1ccc(F)cc1)N(C)C(=O)OCC1c2ccccc2-c2ccccc21. The molecule has 1 amide bonds. The van der Waals surface area contributed by atoms with E-state index in [9.17, 15) is 14.0 Å². The molecule has 0 aromatic heterocycles. The molecule has 1 aliphatic rings. The number of fused-ring (bicyclic) bond motifs is 3. The minimum Gasteiger partial charge on any atom is -0.448 e. The molecule has 0 unspecified atom stereocenters. The molecule has 31 heavy (non-hydrogen) atoms. The molecule has 0 aliphatic heterocycles. The van der Waals surface area contributed by atoms with Crippen LogP contribution in [0.25, 0.3) is 11.1 Å². The van der Waals surface area contributed by atoms with Gasteiger partial charge < -0.3 is 9.47 Å². The number of hydrogen-bond acceptors (Lipinski definition) is 4. The predicted octanol–water partition coefficient (Wildman–Crippen LogP) is 5.00. The number of carbonyl (C=O) groups is 2. The number of rotatable bonds is 5. The summed E-state index contributed by atoms with van der Waals surface area (Å²) >= 11 is 0. The van der Waals surface area contributed by atoms with Crippen LogP contribution in [0.3, 0.4) is 0 Å². The zero-order chi connectivity index (χ0) is 22.0. The first-order valence-electron chi connectivity index (χ1n) is 10.0. The summed E-state index contributed by atoms with van der Waals surface area (Å²) in [7, 11) is 1.48. The quantitative estimate of drug-likeness (QED) is 0.431. The van der Waals surface area contributed by atoms with E-state index >= 15 is 0 Å². The van der Waals surface area contributed by atoms with Crippen LogP contribution in [0.4, 0.5) is 9.18 Å². The lowest BCUT2D eigenvalue weighted by molar-refractivity contribution is -0.138. The van der Waals surface area contributed by atoms with E-state index in [1.165, 1.54) is 36.2 Å². The van der Waals surface area contributed by atoms with Crippen molar-refractivity contribution >= 4 is 12.1 Å². The summed E-state index contributed by atoms with van der Waals surface area (Å²) in [5.74, 6) is -0.920. The molecular formula is C25H22FNO4. The zero-order valence-electron chi connectivity index (χ0n) is 17.2. The highest BCUT2D eigenvalue weighted by molar-refractivity contribution is 5.83. The van der Waals surface area contributed by atoms with Gasteiger partial charge in [-0.2, -0.15) is 0 Å². The Morgan fingerprint density at radius 3 is 2.06 bits per heavy atom. The van der Waals surface area contributed by atoms with Gasteiger partial charge in [-0.25, -0.2) is 14.0 Å². The van der Waals surface area contributed by atoms with Crippen molar-refractivity contribution in [2.24, 2.45) is 0 Å². The van der Waals surface area contributed by atoms with Gasteiger partial charge in [-0.15, -0.1) is 0 Å². The summed E-state index contributed by atoms with van der Waals surface area (Å²) in [5, 5.41) is 0. The van der Waals surface area contributed by atoms with Crippen LogP contribution in [0, 0.1) is 5.82 Å². The van der Waals surface area contributed by atoms with Gasteiger partial charge in [0.15, 0.2) is 0 Å². The summed E-state index contributed by atoms with van der Waals surface area (Å²) in [5.41, 5.74) is 4.51. The predicted molar refractivity (Wildman–Crippen MR) is 114 cm³/mol. The minimum atomic E-state index is -0.874. The second-order valence-electron chi connectivity index (χ2n) is 7.47. The highest BCUT2D eigenvalue weighted by Gasteiger charge is 2.31. The maximum absolute atomic E-state index is 13.0. The average Bonchev–Trinajstić information content (AvgIpc) is 3.11. The van der Waals surface area contributed by atoms with Crippen molar-refractivity contribution in [2.75, 3.05) is 13.7 Å². The second kappa shape index (κ2) is 8.60. The van der Waals surface area contributed by atoms with Crippen LogP contribution < -0.4 is 4.74 Å². The van der Waals surface area contributed by atoms with Gasteiger partial charge in [-0.3, -0.25) is 4.90 Å². The molecule has 4 rings (SSSR count). The van der Waals surface area contributed by atoms with Gasteiger partial charge in [0, 0.05) is 13.0 Å². The number of hydrogen-bond donors (Lipinski definition) is 0. The molecular weight excluding hydrogens is 397 g/mol. The Morgan fingerprint density at radius 2 is 1.48 bits per heavy atom. The normalized spacial score (nSPS) is 13.1. The van der Waals surface area contributed by atoms with Crippen molar-refractivity contribution < 1.29 is 23.5 Å². The Hall–Kier alpha value is -3.67. The van der Waals surface area contributed by atoms with Crippen molar-refractivity contribution in [3.63, 3.8) is 0 Å². The third-order valence-electron chi connectivity index (χ3n) is 5.58. The number of amides is 1. The maximum atomic E-state index is 13.0. The van der Waals surface area contributed by atoms with Crippen LogP contribution in [0.1, 0.15) is 24.0 Å². The van der Waals surface area contributed by atoms with Gasteiger partial charge in [0.05, 0.1) is 0 Å². The molecule has 0 saturated heterocycles. The minimum absolute atomic E-state index is 0.0637. The van der Waals surface area contributed by atoms with Crippen molar-refractivity contribution in [1.82, 2.24) is 4.90 Å². The van der Waals surface area contributed by atoms with Crippen LogP contribution in [-0.2, 0) is 9.53 Å². The van der Waals surface area contributed by atoms with Crippen LogP contribution in [0.15, 0.2) is 72.8 Å².